The lowest BCUT2D eigenvalue weighted by Gasteiger charge is -2.08. The maximum atomic E-state index is 5.42. The summed E-state index contributed by atoms with van der Waals surface area (Å²) in [6.07, 6.45) is 1.74. The van der Waals surface area contributed by atoms with Crippen molar-refractivity contribution in [2.24, 2.45) is 5.73 Å². The molecule has 0 aliphatic carbocycles. The number of pyridine rings is 1. The first-order chi connectivity index (χ1) is 6.09. The Bertz CT molecular complexity index is 295. The van der Waals surface area contributed by atoms with Crippen LogP contribution in [0.15, 0.2) is 18.3 Å². The zero-order valence-corrected chi connectivity index (χ0v) is 8.47. The Morgan fingerprint density at radius 2 is 2.23 bits per heavy atom. The van der Waals surface area contributed by atoms with E-state index in [-0.39, 0.29) is 6.10 Å². The monoisotopic (exact) mass is 196 g/mol. The predicted octanol–water partition coefficient (Wildman–Crippen LogP) is 1.50. The summed E-state index contributed by atoms with van der Waals surface area (Å²) in [7, 11) is 0. The van der Waals surface area contributed by atoms with Crippen molar-refractivity contribution < 1.29 is 4.74 Å². The van der Waals surface area contributed by atoms with Gasteiger partial charge in [0.1, 0.15) is 4.99 Å². The molecule has 2 N–H and O–H groups in total. The summed E-state index contributed by atoms with van der Waals surface area (Å²) in [6.45, 7) is 3.90. The van der Waals surface area contributed by atoms with Crippen LogP contribution < -0.4 is 10.5 Å². The molecule has 0 saturated heterocycles. The first-order valence-electron chi connectivity index (χ1n) is 4.02. The molecule has 4 heteroatoms. The van der Waals surface area contributed by atoms with Crippen LogP contribution >= 0.6 is 12.2 Å². The summed E-state index contributed by atoms with van der Waals surface area (Å²) in [5.41, 5.74) is 6.17. The maximum absolute atomic E-state index is 5.42. The summed E-state index contributed by atoms with van der Waals surface area (Å²) in [4.78, 5) is 4.40. The van der Waals surface area contributed by atoms with Crippen LogP contribution in [-0.4, -0.2) is 16.1 Å². The third-order valence-electron chi connectivity index (χ3n) is 1.38. The average Bonchev–Trinajstić information content (AvgIpc) is 2.04. The minimum atomic E-state index is 0.128. The molecular weight excluding hydrogens is 184 g/mol. The smallest absolute Gasteiger partial charge is 0.213 e. The van der Waals surface area contributed by atoms with E-state index in [2.05, 4.69) is 4.98 Å². The highest BCUT2D eigenvalue weighted by atomic mass is 32.1. The van der Waals surface area contributed by atoms with E-state index < -0.39 is 0 Å². The van der Waals surface area contributed by atoms with Gasteiger partial charge in [-0.3, -0.25) is 0 Å². The number of thiocarbonyl (C=S) groups is 1. The van der Waals surface area contributed by atoms with Crippen LogP contribution in [0.5, 0.6) is 5.88 Å². The van der Waals surface area contributed by atoms with Gasteiger partial charge in [-0.05, 0) is 19.9 Å². The minimum Gasteiger partial charge on any atom is -0.475 e. The molecule has 0 aromatic carbocycles. The van der Waals surface area contributed by atoms with Gasteiger partial charge in [-0.2, -0.15) is 0 Å². The Labute approximate surface area is 82.9 Å². The summed E-state index contributed by atoms with van der Waals surface area (Å²) in [5, 5.41) is 0. The SMILES string of the molecule is CC(C)Oc1ccc(C(N)=S)cn1. The van der Waals surface area contributed by atoms with E-state index in [4.69, 9.17) is 22.7 Å². The Balaban J connectivity index is 2.75. The van der Waals surface area contributed by atoms with Gasteiger partial charge in [-0.15, -0.1) is 0 Å². The number of hydrogen-bond donors (Lipinski definition) is 1. The highest BCUT2D eigenvalue weighted by Gasteiger charge is 2.00. The predicted molar refractivity (Wildman–Crippen MR) is 55.9 cm³/mol. The zero-order chi connectivity index (χ0) is 9.84. The number of rotatable bonds is 3. The first-order valence-corrected chi connectivity index (χ1v) is 4.43. The Hall–Kier alpha value is -1.16. The Morgan fingerprint density at radius 1 is 1.54 bits per heavy atom. The lowest BCUT2D eigenvalue weighted by Crippen LogP contribution is -2.11. The third-order valence-corrected chi connectivity index (χ3v) is 1.61. The fourth-order valence-electron chi connectivity index (χ4n) is 0.837. The van der Waals surface area contributed by atoms with Crippen molar-refractivity contribution >= 4 is 17.2 Å². The molecule has 0 spiro atoms. The Morgan fingerprint density at radius 3 is 2.62 bits per heavy atom. The molecule has 3 nitrogen and oxygen atoms in total. The Kier molecular flexibility index (Phi) is 3.19. The second kappa shape index (κ2) is 4.18. The molecule has 0 amide bonds. The maximum Gasteiger partial charge on any atom is 0.213 e. The molecule has 1 aromatic heterocycles. The van der Waals surface area contributed by atoms with Crippen LogP contribution in [-0.2, 0) is 0 Å². The van der Waals surface area contributed by atoms with Crippen molar-refractivity contribution in [2.45, 2.75) is 20.0 Å². The fraction of sp³-hybridized carbons (Fsp3) is 0.333. The molecule has 1 rings (SSSR count). The quantitative estimate of drug-likeness (QED) is 0.744. The molecule has 0 bridgehead atoms. The van der Waals surface area contributed by atoms with Gasteiger partial charge in [-0.1, -0.05) is 12.2 Å². The number of aromatic nitrogens is 1. The molecule has 1 aromatic rings. The van der Waals surface area contributed by atoms with Gasteiger partial charge in [0, 0.05) is 17.8 Å². The van der Waals surface area contributed by atoms with E-state index in [9.17, 15) is 0 Å². The molecule has 13 heavy (non-hydrogen) atoms. The number of ether oxygens (including phenoxy) is 1. The van der Waals surface area contributed by atoms with Crippen molar-refractivity contribution in [3.8, 4) is 5.88 Å². The van der Waals surface area contributed by atoms with Crippen molar-refractivity contribution in [1.82, 2.24) is 4.98 Å². The lowest BCUT2D eigenvalue weighted by molar-refractivity contribution is 0.232. The fourth-order valence-corrected chi connectivity index (χ4v) is 0.958. The van der Waals surface area contributed by atoms with Gasteiger partial charge in [0.05, 0.1) is 6.10 Å². The third kappa shape index (κ3) is 2.99. The van der Waals surface area contributed by atoms with E-state index in [0.717, 1.165) is 5.56 Å². The molecule has 0 atom stereocenters. The average molecular weight is 196 g/mol. The number of nitrogens with zero attached hydrogens (tertiary/aromatic N) is 1. The largest absolute Gasteiger partial charge is 0.475 e. The second-order valence-corrected chi connectivity index (χ2v) is 3.36. The summed E-state index contributed by atoms with van der Waals surface area (Å²) in [6, 6.07) is 3.56. The van der Waals surface area contributed by atoms with E-state index in [1.165, 1.54) is 0 Å². The topological polar surface area (TPSA) is 48.1 Å². The standard InChI is InChI=1S/C9H12N2OS/c1-6(2)12-8-4-3-7(5-11-8)9(10)13/h3-6H,1-2H3,(H2,10,13). The van der Waals surface area contributed by atoms with Crippen LogP contribution in [0, 0.1) is 0 Å². The van der Waals surface area contributed by atoms with Crippen molar-refractivity contribution in [2.75, 3.05) is 0 Å². The van der Waals surface area contributed by atoms with Gasteiger partial charge in [0.15, 0.2) is 0 Å². The summed E-state index contributed by atoms with van der Waals surface area (Å²) < 4.78 is 5.35. The van der Waals surface area contributed by atoms with Gasteiger partial charge < -0.3 is 10.5 Å². The first kappa shape index (κ1) is 9.92. The summed E-state index contributed by atoms with van der Waals surface area (Å²) >= 11 is 4.79. The van der Waals surface area contributed by atoms with Crippen LogP contribution in [0.1, 0.15) is 19.4 Å². The number of nitrogens with two attached hydrogens (primary N) is 1. The zero-order valence-electron chi connectivity index (χ0n) is 7.65. The normalized spacial score (nSPS) is 10.1. The van der Waals surface area contributed by atoms with Crippen molar-refractivity contribution in [3.63, 3.8) is 0 Å². The molecule has 70 valence electrons. The van der Waals surface area contributed by atoms with Gasteiger partial charge in [0.25, 0.3) is 0 Å². The highest BCUT2D eigenvalue weighted by Crippen LogP contribution is 2.08. The molecular formula is C9H12N2OS. The highest BCUT2D eigenvalue weighted by molar-refractivity contribution is 7.80. The van der Waals surface area contributed by atoms with Crippen LogP contribution in [0.3, 0.4) is 0 Å². The molecule has 0 aliphatic heterocycles. The van der Waals surface area contributed by atoms with E-state index in [1.54, 1.807) is 18.3 Å². The molecule has 0 saturated carbocycles. The summed E-state index contributed by atoms with van der Waals surface area (Å²) in [5.74, 6) is 0.593. The lowest BCUT2D eigenvalue weighted by atomic mass is 10.3. The van der Waals surface area contributed by atoms with E-state index in [0.29, 0.717) is 10.9 Å². The molecule has 0 unspecified atom stereocenters. The molecule has 0 radical (unpaired) electrons. The second-order valence-electron chi connectivity index (χ2n) is 2.92. The van der Waals surface area contributed by atoms with Gasteiger partial charge in [-0.25, -0.2) is 4.98 Å². The number of hydrogen-bond acceptors (Lipinski definition) is 3. The van der Waals surface area contributed by atoms with Crippen molar-refractivity contribution in [1.29, 1.82) is 0 Å². The van der Waals surface area contributed by atoms with Crippen LogP contribution in [0.25, 0.3) is 0 Å². The van der Waals surface area contributed by atoms with Crippen molar-refractivity contribution in [3.05, 3.63) is 23.9 Å². The molecule has 0 aliphatic rings. The van der Waals surface area contributed by atoms with Gasteiger partial charge >= 0.3 is 0 Å². The van der Waals surface area contributed by atoms with E-state index >= 15 is 0 Å². The molecule has 1 heterocycles. The van der Waals surface area contributed by atoms with Crippen LogP contribution in [0.2, 0.25) is 0 Å². The molecule has 0 fully saturated rings. The van der Waals surface area contributed by atoms with Crippen LogP contribution in [0.4, 0.5) is 0 Å². The van der Waals surface area contributed by atoms with E-state index in [1.807, 2.05) is 13.8 Å². The minimum absolute atomic E-state index is 0.128. The van der Waals surface area contributed by atoms with Gasteiger partial charge in [0.2, 0.25) is 5.88 Å².